The van der Waals surface area contributed by atoms with Gasteiger partial charge in [0.1, 0.15) is 0 Å². The average Bonchev–Trinajstić information content (AvgIpc) is 2.46. The lowest BCUT2D eigenvalue weighted by atomic mass is 10.2. The molecule has 1 aromatic carbocycles. The van der Waals surface area contributed by atoms with E-state index < -0.39 is 24.5 Å². The van der Waals surface area contributed by atoms with Crippen molar-refractivity contribution in [2.45, 2.75) is 25.7 Å². The molecule has 3 amide bonds. The number of thioether (sulfide) groups is 1. The predicted octanol–water partition coefficient (Wildman–Crippen LogP) is 1.78. The van der Waals surface area contributed by atoms with Gasteiger partial charge in [-0.15, -0.1) is 11.8 Å². The predicted molar refractivity (Wildman–Crippen MR) is 84.8 cm³/mol. The van der Waals surface area contributed by atoms with E-state index in [-0.39, 0.29) is 5.75 Å². The highest BCUT2D eigenvalue weighted by atomic mass is 32.2. The fraction of sp³-hybridized carbons (Fsp3) is 0.400. The Balaban J connectivity index is 2.33. The van der Waals surface area contributed by atoms with Gasteiger partial charge in [-0.05, 0) is 32.4 Å². The van der Waals surface area contributed by atoms with Crippen molar-refractivity contribution < 1.29 is 19.1 Å². The third-order valence-electron chi connectivity index (χ3n) is 2.64. The Morgan fingerprint density at radius 2 is 1.95 bits per heavy atom. The third-order valence-corrected chi connectivity index (χ3v) is 3.77. The number of nitrogens with one attached hydrogen (secondary N) is 2. The maximum atomic E-state index is 11.6. The zero-order valence-electron chi connectivity index (χ0n) is 12.9. The van der Waals surface area contributed by atoms with Crippen molar-refractivity contribution in [3.05, 3.63) is 29.3 Å². The van der Waals surface area contributed by atoms with E-state index in [0.29, 0.717) is 6.54 Å². The van der Waals surface area contributed by atoms with Crippen molar-refractivity contribution in [2.24, 2.45) is 0 Å². The third kappa shape index (κ3) is 6.62. The lowest BCUT2D eigenvalue weighted by Crippen LogP contribution is -2.41. The van der Waals surface area contributed by atoms with Crippen LogP contribution in [-0.2, 0) is 14.3 Å². The molecule has 120 valence electrons. The lowest BCUT2D eigenvalue weighted by Gasteiger charge is -2.08. The topological polar surface area (TPSA) is 84.5 Å². The summed E-state index contributed by atoms with van der Waals surface area (Å²) in [5.41, 5.74) is 2.19. The highest BCUT2D eigenvalue weighted by Crippen LogP contribution is 2.23. The summed E-state index contributed by atoms with van der Waals surface area (Å²) < 4.78 is 4.82. The molecule has 0 fully saturated rings. The molecule has 0 unspecified atom stereocenters. The molecule has 0 heterocycles. The minimum atomic E-state index is -0.656. The molecule has 0 aliphatic heterocycles. The highest BCUT2D eigenvalue weighted by molar-refractivity contribution is 8.00. The van der Waals surface area contributed by atoms with Crippen LogP contribution in [0.3, 0.4) is 0 Å². The fourth-order valence-corrected chi connectivity index (χ4v) is 2.48. The van der Waals surface area contributed by atoms with Crippen LogP contribution >= 0.6 is 11.8 Å². The number of carbonyl (C=O) groups excluding carboxylic acids is 3. The average molecular weight is 324 g/mol. The molecular formula is C15H20N2O4S. The van der Waals surface area contributed by atoms with E-state index in [1.807, 2.05) is 32.0 Å². The molecule has 0 saturated carbocycles. The summed E-state index contributed by atoms with van der Waals surface area (Å²) in [5.74, 6) is -1.05. The van der Waals surface area contributed by atoms with E-state index >= 15 is 0 Å². The van der Waals surface area contributed by atoms with Crippen LogP contribution in [0, 0.1) is 13.8 Å². The monoisotopic (exact) mass is 324 g/mol. The molecule has 0 radical (unpaired) electrons. The Morgan fingerprint density at radius 1 is 1.23 bits per heavy atom. The van der Waals surface area contributed by atoms with Gasteiger partial charge < -0.3 is 10.1 Å². The Labute approximate surface area is 134 Å². The van der Waals surface area contributed by atoms with Crippen molar-refractivity contribution in [1.82, 2.24) is 10.6 Å². The second-order valence-electron chi connectivity index (χ2n) is 4.63. The van der Waals surface area contributed by atoms with Gasteiger partial charge in [-0.3, -0.25) is 14.9 Å². The van der Waals surface area contributed by atoms with Crippen LogP contribution in [0.1, 0.15) is 18.1 Å². The zero-order valence-corrected chi connectivity index (χ0v) is 13.7. The molecule has 0 aromatic heterocycles. The normalized spacial score (nSPS) is 9.95. The molecule has 1 aromatic rings. The summed E-state index contributed by atoms with van der Waals surface area (Å²) in [4.78, 5) is 35.0. The Hall–Kier alpha value is -2.02. The Kier molecular flexibility index (Phi) is 7.45. The summed E-state index contributed by atoms with van der Waals surface area (Å²) in [6.07, 6.45) is 0. The van der Waals surface area contributed by atoms with Crippen molar-refractivity contribution in [3.8, 4) is 0 Å². The van der Waals surface area contributed by atoms with Crippen molar-refractivity contribution in [3.63, 3.8) is 0 Å². The van der Waals surface area contributed by atoms with Crippen LogP contribution in [0.2, 0.25) is 0 Å². The molecule has 0 atom stereocenters. The molecule has 0 aliphatic rings. The smallest absolute Gasteiger partial charge is 0.321 e. The van der Waals surface area contributed by atoms with Gasteiger partial charge in [0.15, 0.2) is 6.61 Å². The number of urea groups is 1. The van der Waals surface area contributed by atoms with Crippen LogP contribution in [0.4, 0.5) is 4.79 Å². The largest absolute Gasteiger partial charge is 0.455 e. The molecule has 7 heteroatoms. The van der Waals surface area contributed by atoms with Crippen molar-refractivity contribution >= 4 is 29.7 Å². The number of ether oxygens (including phenoxy) is 1. The van der Waals surface area contributed by atoms with Gasteiger partial charge in [-0.2, -0.15) is 0 Å². The first kappa shape index (κ1) is 18.0. The number of esters is 1. The number of aryl methyl sites for hydroxylation is 2. The SMILES string of the molecule is CCNC(=O)NC(=O)COC(=O)CSc1cc(C)ccc1C. The minimum absolute atomic E-state index is 0.110. The molecule has 1 rings (SSSR count). The van der Waals surface area contributed by atoms with Crippen LogP contribution < -0.4 is 10.6 Å². The van der Waals surface area contributed by atoms with Crippen LogP contribution in [0.25, 0.3) is 0 Å². The first-order valence-corrected chi connectivity index (χ1v) is 7.84. The van der Waals surface area contributed by atoms with E-state index in [1.165, 1.54) is 11.8 Å². The van der Waals surface area contributed by atoms with Gasteiger partial charge >= 0.3 is 12.0 Å². The molecule has 22 heavy (non-hydrogen) atoms. The van der Waals surface area contributed by atoms with Gasteiger partial charge in [0.2, 0.25) is 0 Å². The number of imide groups is 1. The van der Waals surface area contributed by atoms with Crippen LogP contribution in [0.5, 0.6) is 0 Å². The minimum Gasteiger partial charge on any atom is -0.455 e. The molecule has 0 aliphatic carbocycles. The molecular weight excluding hydrogens is 304 g/mol. The number of hydrogen-bond donors (Lipinski definition) is 2. The van der Waals surface area contributed by atoms with E-state index in [2.05, 4.69) is 10.6 Å². The molecule has 0 saturated heterocycles. The molecule has 6 nitrogen and oxygen atoms in total. The summed E-state index contributed by atoms with van der Waals surface area (Å²) in [7, 11) is 0. The number of carbonyl (C=O) groups is 3. The fourth-order valence-electron chi connectivity index (χ4n) is 1.55. The summed E-state index contributed by atoms with van der Waals surface area (Å²) in [6, 6.07) is 5.38. The summed E-state index contributed by atoms with van der Waals surface area (Å²) >= 11 is 1.36. The van der Waals surface area contributed by atoms with Crippen molar-refractivity contribution in [1.29, 1.82) is 0 Å². The number of rotatable bonds is 6. The molecule has 2 N–H and O–H groups in total. The Morgan fingerprint density at radius 3 is 2.64 bits per heavy atom. The van der Waals surface area contributed by atoms with E-state index in [0.717, 1.165) is 16.0 Å². The molecule has 0 bridgehead atoms. The van der Waals surface area contributed by atoms with Gasteiger partial charge in [-0.25, -0.2) is 4.79 Å². The first-order chi connectivity index (χ1) is 10.4. The van der Waals surface area contributed by atoms with E-state index in [4.69, 9.17) is 4.74 Å². The zero-order chi connectivity index (χ0) is 16.5. The maximum Gasteiger partial charge on any atom is 0.321 e. The van der Waals surface area contributed by atoms with Crippen molar-refractivity contribution in [2.75, 3.05) is 18.9 Å². The number of amides is 3. The van der Waals surface area contributed by atoms with Crippen LogP contribution in [-0.4, -0.2) is 36.8 Å². The standard InChI is InChI=1S/C15H20N2O4S/c1-4-16-15(20)17-13(18)8-21-14(19)9-22-12-7-10(2)5-6-11(12)3/h5-7H,4,8-9H2,1-3H3,(H2,16,17,18,20). The Bertz CT molecular complexity index is 560. The summed E-state index contributed by atoms with van der Waals surface area (Å²) in [5, 5.41) is 4.46. The van der Waals surface area contributed by atoms with Crippen LogP contribution in [0.15, 0.2) is 23.1 Å². The van der Waals surface area contributed by atoms with Gasteiger partial charge in [0.25, 0.3) is 5.91 Å². The summed E-state index contributed by atoms with van der Waals surface area (Å²) in [6.45, 7) is 5.61. The highest BCUT2D eigenvalue weighted by Gasteiger charge is 2.11. The second-order valence-corrected chi connectivity index (χ2v) is 5.64. The van der Waals surface area contributed by atoms with Gasteiger partial charge in [0.05, 0.1) is 5.75 Å². The van der Waals surface area contributed by atoms with Gasteiger partial charge in [0, 0.05) is 11.4 Å². The number of benzene rings is 1. The lowest BCUT2D eigenvalue weighted by molar-refractivity contribution is -0.145. The van der Waals surface area contributed by atoms with E-state index in [9.17, 15) is 14.4 Å². The maximum absolute atomic E-state index is 11.6. The first-order valence-electron chi connectivity index (χ1n) is 6.85. The van der Waals surface area contributed by atoms with E-state index in [1.54, 1.807) is 6.92 Å². The van der Waals surface area contributed by atoms with Gasteiger partial charge in [-0.1, -0.05) is 17.7 Å². The second kappa shape index (κ2) is 9.09. The quantitative estimate of drug-likeness (QED) is 0.615. The number of hydrogen-bond acceptors (Lipinski definition) is 5. The molecule has 0 spiro atoms.